The number of benzene rings is 1. The fourth-order valence-corrected chi connectivity index (χ4v) is 1.45. The topological polar surface area (TPSA) is 81.8 Å². The van der Waals surface area contributed by atoms with E-state index in [1.807, 2.05) is 0 Å². The number of halogens is 1. The van der Waals surface area contributed by atoms with Crippen molar-refractivity contribution in [3.05, 3.63) is 23.8 Å². The minimum atomic E-state index is -0.649. The average Bonchev–Trinajstić information content (AvgIpc) is 2.28. The first-order valence-corrected chi connectivity index (χ1v) is 4.78. The second-order valence-corrected chi connectivity index (χ2v) is 3.28. The maximum absolute atomic E-state index is 11.1. The largest absolute Gasteiger partial charge is 0.507 e. The highest BCUT2D eigenvalue weighted by atomic mass is 35.5. The molecule has 0 aliphatic rings. The van der Waals surface area contributed by atoms with Gasteiger partial charge in [-0.25, -0.2) is 0 Å². The van der Waals surface area contributed by atoms with Crippen LogP contribution in [-0.4, -0.2) is 25.3 Å². The van der Waals surface area contributed by atoms with Gasteiger partial charge in [-0.3, -0.25) is 4.79 Å². The van der Waals surface area contributed by atoms with Crippen molar-refractivity contribution in [1.29, 1.82) is 0 Å². The predicted molar refractivity (Wildman–Crippen MR) is 65.5 cm³/mol. The second kappa shape index (κ2) is 6.98. The van der Waals surface area contributed by atoms with Crippen LogP contribution in [0.2, 0.25) is 0 Å². The molecule has 17 heavy (non-hydrogen) atoms. The third-order valence-electron chi connectivity index (χ3n) is 2.25. The highest BCUT2D eigenvalue weighted by Gasteiger charge is 2.19. The summed E-state index contributed by atoms with van der Waals surface area (Å²) in [5.41, 5.74) is 6.22. The van der Waals surface area contributed by atoms with Crippen molar-refractivity contribution in [1.82, 2.24) is 0 Å². The van der Waals surface area contributed by atoms with Crippen molar-refractivity contribution in [2.45, 2.75) is 12.5 Å². The number of phenolic OH excluding ortho intramolecular Hbond substituents is 1. The summed E-state index contributed by atoms with van der Waals surface area (Å²) in [5, 5.41) is 9.67. The van der Waals surface area contributed by atoms with Gasteiger partial charge >= 0.3 is 5.97 Å². The number of hydrogen-bond acceptors (Lipinski definition) is 5. The molecular formula is C11H16ClNO4. The van der Waals surface area contributed by atoms with Crippen molar-refractivity contribution in [3.63, 3.8) is 0 Å². The van der Waals surface area contributed by atoms with Crippen LogP contribution in [0.25, 0.3) is 0 Å². The second-order valence-electron chi connectivity index (χ2n) is 3.28. The van der Waals surface area contributed by atoms with Crippen molar-refractivity contribution in [3.8, 4) is 11.5 Å². The van der Waals surface area contributed by atoms with Crippen LogP contribution >= 0.6 is 12.4 Å². The standard InChI is InChI=1S/C11H15NO4.ClH/c1-15-9-5-3-4-8(13)11(9)7(12)6-10(14)16-2;/h3-5,7,13H,6,12H2,1-2H3;1H/t7-;/m0./s1. The first-order valence-electron chi connectivity index (χ1n) is 4.78. The lowest BCUT2D eigenvalue weighted by Gasteiger charge is -2.15. The van der Waals surface area contributed by atoms with Gasteiger partial charge in [-0.05, 0) is 12.1 Å². The third kappa shape index (κ3) is 3.80. The summed E-state index contributed by atoms with van der Waals surface area (Å²) in [7, 11) is 2.76. The lowest BCUT2D eigenvalue weighted by molar-refractivity contribution is -0.141. The Morgan fingerprint density at radius 3 is 2.65 bits per heavy atom. The molecule has 5 nitrogen and oxygen atoms in total. The number of carbonyl (C=O) groups is 1. The lowest BCUT2D eigenvalue weighted by atomic mass is 10.0. The van der Waals surface area contributed by atoms with Crippen molar-refractivity contribution in [2.75, 3.05) is 14.2 Å². The molecule has 0 fully saturated rings. The van der Waals surface area contributed by atoms with Crippen LogP contribution in [0.15, 0.2) is 18.2 Å². The van der Waals surface area contributed by atoms with E-state index in [9.17, 15) is 9.90 Å². The SMILES string of the molecule is COC(=O)C[C@H](N)c1c(O)cccc1OC.Cl. The average molecular weight is 262 g/mol. The van der Waals surface area contributed by atoms with Crippen LogP contribution in [0.3, 0.4) is 0 Å². The molecule has 0 amide bonds. The Kier molecular flexibility index (Phi) is 6.38. The molecule has 6 heteroatoms. The Labute approximate surface area is 106 Å². The Balaban J connectivity index is 0.00000256. The number of aromatic hydroxyl groups is 1. The summed E-state index contributed by atoms with van der Waals surface area (Å²) in [6, 6.07) is 4.16. The maximum Gasteiger partial charge on any atom is 0.307 e. The molecule has 0 radical (unpaired) electrons. The van der Waals surface area contributed by atoms with Crippen molar-refractivity contribution >= 4 is 18.4 Å². The fourth-order valence-electron chi connectivity index (χ4n) is 1.45. The Morgan fingerprint density at radius 2 is 2.12 bits per heavy atom. The van der Waals surface area contributed by atoms with Gasteiger partial charge in [-0.15, -0.1) is 12.4 Å². The van der Waals surface area contributed by atoms with E-state index in [1.165, 1.54) is 20.3 Å². The molecule has 0 aromatic heterocycles. The fraction of sp³-hybridized carbons (Fsp3) is 0.364. The quantitative estimate of drug-likeness (QED) is 0.801. The van der Waals surface area contributed by atoms with E-state index in [0.717, 1.165) is 0 Å². The normalized spacial score (nSPS) is 11.2. The van der Waals surface area contributed by atoms with Crippen LogP contribution in [-0.2, 0) is 9.53 Å². The van der Waals surface area contributed by atoms with Gasteiger partial charge in [0.1, 0.15) is 11.5 Å². The number of ether oxygens (including phenoxy) is 2. The van der Waals surface area contributed by atoms with Gasteiger partial charge in [-0.1, -0.05) is 6.07 Å². The Hall–Kier alpha value is -1.46. The molecule has 1 rings (SSSR count). The summed E-state index contributed by atoms with van der Waals surface area (Å²) >= 11 is 0. The third-order valence-corrected chi connectivity index (χ3v) is 2.25. The summed E-state index contributed by atoms with van der Waals surface area (Å²) in [4.78, 5) is 11.1. The van der Waals surface area contributed by atoms with E-state index in [1.54, 1.807) is 12.1 Å². The molecule has 0 aliphatic heterocycles. The van der Waals surface area contributed by atoms with Crippen LogP contribution in [0.5, 0.6) is 11.5 Å². The number of esters is 1. The number of nitrogens with two attached hydrogens (primary N) is 1. The Morgan fingerprint density at radius 1 is 1.47 bits per heavy atom. The zero-order valence-electron chi connectivity index (χ0n) is 9.67. The van der Waals surface area contributed by atoms with E-state index in [4.69, 9.17) is 10.5 Å². The van der Waals surface area contributed by atoms with E-state index in [0.29, 0.717) is 11.3 Å². The van der Waals surface area contributed by atoms with Crippen LogP contribution in [0.1, 0.15) is 18.0 Å². The molecule has 3 N–H and O–H groups in total. The van der Waals surface area contributed by atoms with Crippen molar-refractivity contribution < 1.29 is 19.4 Å². The number of hydrogen-bond donors (Lipinski definition) is 2. The van der Waals surface area contributed by atoms with Gasteiger partial charge in [0, 0.05) is 6.04 Å². The maximum atomic E-state index is 11.1. The molecule has 1 aromatic carbocycles. The lowest BCUT2D eigenvalue weighted by Crippen LogP contribution is -2.17. The van der Waals surface area contributed by atoms with E-state index >= 15 is 0 Å². The highest BCUT2D eigenvalue weighted by molar-refractivity contribution is 5.85. The first-order chi connectivity index (χ1) is 7.60. The summed E-state index contributed by atoms with van der Waals surface area (Å²) in [5.74, 6) is 0.0324. The van der Waals surface area contributed by atoms with Crippen LogP contribution in [0.4, 0.5) is 0 Å². The zero-order chi connectivity index (χ0) is 12.1. The van der Waals surface area contributed by atoms with Gasteiger partial charge in [-0.2, -0.15) is 0 Å². The minimum Gasteiger partial charge on any atom is -0.507 e. The smallest absolute Gasteiger partial charge is 0.307 e. The molecule has 0 saturated heterocycles. The molecule has 96 valence electrons. The minimum absolute atomic E-state index is 0. The molecule has 1 atom stereocenters. The van der Waals surface area contributed by atoms with Crippen LogP contribution in [0, 0.1) is 0 Å². The summed E-state index contributed by atoms with van der Waals surface area (Å²) in [6.45, 7) is 0. The van der Waals surface area contributed by atoms with E-state index < -0.39 is 12.0 Å². The summed E-state index contributed by atoms with van der Waals surface area (Å²) in [6.07, 6.45) is -0.00949. The monoisotopic (exact) mass is 261 g/mol. The molecule has 0 heterocycles. The molecule has 0 saturated carbocycles. The highest BCUT2D eigenvalue weighted by Crippen LogP contribution is 2.33. The predicted octanol–water partition coefficient (Wildman–Crippen LogP) is 1.39. The molecular weight excluding hydrogens is 246 g/mol. The van der Waals surface area contributed by atoms with Crippen molar-refractivity contribution in [2.24, 2.45) is 5.73 Å². The zero-order valence-corrected chi connectivity index (χ0v) is 10.5. The Bertz CT molecular complexity index is 384. The van der Waals surface area contributed by atoms with Gasteiger partial charge < -0.3 is 20.3 Å². The number of phenols is 1. The molecule has 0 aliphatic carbocycles. The molecule has 0 spiro atoms. The number of carbonyl (C=O) groups excluding carboxylic acids is 1. The van der Waals surface area contributed by atoms with Gasteiger partial charge in [0.05, 0.1) is 26.2 Å². The summed E-state index contributed by atoms with van der Waals surface area (Å²) < 4.78 is 9.58. The van der Waals surface area contributed by atoms with E-state index in [2.05, 4.69) is 4.74 Å². The van der Waals surface area contributed by atoms with Gasteiger partial charge in [0.25, 0.3) is 0 Å². The number of methoxy groups -OCH3 is 2. The number of rotatable bonds is 4. The molecule has 0 bridgehead atoms. The van der Waals surface area contributed by atoms with Gasteiger partial charge in [0.2, 0.25) is 0 Å². The van der Waals surface area contributed by atoms with Gasteiger partial charge in [0.15, 0.2) is 0 Å². The molecule has 0 unspecified atom stereocenters. The van der Waals surface area contributed by atoms with E-state index in [-0.39, 0.29) is 24.6 Å². The first kappa shape index (κ1) is 15.5. The van der Waals surface area contributed by atoms with Crippen LogP contribution < -0.4 is 10.5 Å². The molecule has 1 aromatic rings.